The minimum atomic E-state index is -0.565. The first-order valence-electron chi connectivity index (χ1n) is 8.92. The summed E-state index contributed by atoms with van der Waals surface area (Å²) in [6.45, 7) is 4.24. The van der Waals surface area contributed by atoms with E-state index in [0.29, 0.717) is 34.7 Å². The number of hydrogen-bond donors (Lipinski definition) is 2. The standard InChI is InChI=1S/C21H21ClFN3OS/c1-21(2)10-15(25-12-13-8-9-24-19(22)18(13)23)17(16(27)11-21)20(28)26-14-6-4-3-5-7-14/h3-9,25H,10-12H2,1-2H3,(H,26,28). The maximum absolute atomic E-state index is 14.2. The number of thiocarbonyl (C=S) groups is 1. The summed E-state index contributed by atoms with van der Waals surface area (Å²) in [7, 11) is 0. The first-order valence-corrected chi connectivity index (χ1v) is 9.71. The summed E-state index contributed by atoms with van der Waals surface area (Å²) >= 11 is 11.3. The summed E-state index contributed by atoms with van der Waals surface area (Å²) in [6.07, 6.45) is 2.49. The van der Waals surface area contributed by atoms with E-state index in [-0.39, 0.29) is 22.9 Å². The molecule has 4 nitrogen and oxygen atoms in total. The van der Waals surface area contributed by atoms with Crippen molar-refractivity contribution in [2.45, 2.75) is 33.2 Å². The molecule has 0 unspecified atom stereocenters. The van der Waals surface area contributed by atoms with Crippen LogP contribution >= 0.6 is 23.8 Å². The SMILES string of the molecule is CC1(C)CC(=O)C(C(=S)Nc2ccccc2)=C(NCc2ccnc(Cl)c2F)C1. The lowest BCUT2D eigenvalue weighted by Gasteiger charge is -2.33. The summed E-state index contributed by atoms with van der Waals surface area (Å²) < 4.78 is 14.2. The summed E-state index contributed by atoms with van der Waals surface area (Å²) in [5, 5.41) is 6.17. The lowest BCUT2D eigenvalue weighted by molar-refractivity contribution is -0.117. The van der Waals surface area contributed by atoms with Crippen LogP contribution in [0.2, 0.25) is 5.15 Å². The van der Waals surface area contributed by atoms with Crippen molar-refractivity contribution < 1.29 is 9.18 Å². The molecule has 7 heteroatoms. The van der Waals surface area contributed by atoms with Crippen LogP contribution in [0.5, 0.6) is 0 Å². The topological polar surface area (TPSA) is 54.0 Å². The quantitative estimate of drug-likeness (QED) is 0.527. The first kappa shape index (κ1) is 20.4. The number of allylic oxidation sites excluding steroid dienone is 1. The highest BCUT2D eigenvalue weighted by molar-refractivity contribution is 7.81. The van der Waals surface area contributed by atoms with Gasteiger partial charge in [0.05, 0.1) is 5.57 Å². The second-order valence-corrected chi connectivity index (χ2v) is 8.31. The van der Waals surface area contributed by atoms with Gasteiger partial charge in [-0.3, -0.25) is 4.79 Å². The average molecular weight is 418 g/mol. The van der Waals surface area contributed by atoms with Gasteiger partial charge in [0.1, 0.15) is 4.99 Å². The molecule has 0 aliphatic heterocycles. The van der Waals surface area contributed by atoms with Crippen molar-refractivity contribution in [3.8, 4) is 0 Å². The number of anilines is 1. The third kappa shape index (κ3) is 4.75. The largest absolute Gasteiger partial charge is 0.383 e. The highest BCUT2D eigenvalue weighted by Crippen LogP contribution is 2.36. The molecule has 1 aromatic carbocycles. The number of carbonyl (C=O) groups excluding carboxylic acids is 1. The second-order valence-electron chi connectivity index (χ2n) is 7.54. The fraction of sp³-hybridized carbons (Fsp3) is 0.286. The molecule has 146 valence electrons. The maximum Gasteiger partial charge on any atom is 0.168 e. The zero-order chi connectivity index (χ0) is 20.3. The average Bonchev–Trinajstić information content (AvgIpc) is 2.62. The number of benzene rings is 1. The Labute approximate surface area is 174 Å². The van der Waals surface area contributed by atoms with Gasteiger partial charge in [0.25, 0.3) is 0 Å². The van der Waals surface area contributed by atoms with E-state index < -0.39 is 5.82 Å². The Bertz CT molecular complexity index is 944. The Morgan fingerprint density at radius 3 is 2.68 bits per heavy atom. The minimum Gasteiger partial charge on any atom is -0.383 e. The van der Waals surface area contributed by atoms with Crippen LogP contribution in [0.4, 0.5) is 10.1 Å². The van der Waals surface area contributed by atoms with E-state index in [2.05, 4.69) is 15.6 Å². The summed E-state index contributed by atoms with van der Waals surface area (Å²) in [5.74, 6) is -0.592. The van der Waals surface area contributed by atoms with Crippen LogP contribution in [0.1, 0.15) is 32.3 Å². The number of nitrogens with zero attached hydrogens (tertiary/aromatic N) is 1. The second kappa shape index (κ2) is 8.37. The van der Waals surface area contributed by atoms with Gasteiger partial charge in [-0.25, -0.2) is 9.37 Å². The van der Waals surface area contributed by atoms with Gasteiger partial charge in [0.15, 0.2) is 16.8 Å². The predicted octanol–water partition coefficient (Wildman–Crippen LogP) is 5.05. The van der Waals surface area contributed by atoms with Crippen LogP contribution in [-0.2, 0) is 11.3 Å². The van der Waals surface area contributed by atoms with E-state index in [1.165, 1.54) is 6.20 Å². The van der Waals surface area contributed by atoms with Gasteiger partial charge in [-0.05, 0) is 30.0 Å². The highest BCUT2D eigenvalue weighted by atomic mass is 35.5. The molecule has 0 bridgehead atoms. The Morgan fingerprint density at radius 1 is 1.25 bits per heavy atom. The number of nitrogens with one attached hydrogen (secondary N) is 2. The van der Waals surface area contributed by atoms with E-state index in [4.69, 9.17) is 23.8 Å². The molecule has 1 heterocycles. The normalized spacial score (nSPS) is 16.1. The summed E-state index contributed by atoms with van der Waals surface area (Å²) in [5.41, 5.74) is 2.15. The summed E-state index contributed by atoms with van der Waals surface area (Å²) in [6, 6.07) is 11.0. The van der Waals surface area contributed by atoms with Crippen LogP contribution in [-0.4, -0.2) is 15.8 Å². The van der Waals surface area contributed by atoms with E-state index in [9.17, 15) is 9.18 Å². The fourth-order valence-electron chi connectivity index (χ4n) is 3.24. The van der Waals surface area contributed by atoms with Crippen LogP contribution in [0.25, 0.3) is 0 Å². The Balaban J connectivity index is 1.88. The molecule has 28 heavy (non-hydrogen) atoms. The van der Waals surface area contributed by atoms with Crippen LogP contribution < -0.4 is 10.6 Å². The molecule has 1 aromatic heterocycles. The molecule has 1 aliphatic carbocycles. The monoisotopic (exact) mass is 417 g/mol. The van der Waals surface area contributed by atoms with Gasteiger partial charge < -0.3 is 10.6 Å². The molecule has 0 saturated carbocycles. The molecule has 2 N–H and O–H groups in total. The Hall–Kier alpha value is -2.31. The molecule has 0 radical (unpaired) electrons. The van der Waals surface area contributed by atoms with Crippen molar-refractivity contribution in [1.82, 2.24) is 10.3 Å². The van der Waals surface area contributed by atoms with Gasteiger partial charge in [0.2, 0.25) is 0 Å². The number of pyridine rings is 1. The van der Waals surface area contributed by atoms with Gasteiger partial charge >= 0.3 is 0 Å². The van der Waals surface area contributed by atoms with Crippen molar-refractivity contribution in [2.75, 3.05) is 5.32 Å². The molecule has 1 aliphatic rings. The zero-order valence-corrected chi connectivity index (χ0v) is 17.3. The van der Waals surface area contributed by atoms with E-state index >= 15 is 0 Å². The Morgan fingerprint density at radius 2 is 1.96 bits per heavy atom. The molecule has 0 amide bonds. The van der Waals surface area contributed by atoms with Crippen LogP contribution in [0.3, 0.4) is 0 Å². The lowest BCUT2D eigenvalue weighted by atomic mass is 9.75. The maximum atomic E-state index is 14.2. The molecule has 0 saturated heterocycles. The number of ketones is 1. The van der Waals surface area contributed by atoms with Crippen molar-refractivity contribution in [3.05, 3.63) is 70.4 Å². The molecule has 0 spiro atoms. The smallest absolute Gasteiger partial charge is 0.168 e. The van der Waals surface area contributed by atoms with Crippen molar-refractivity contribution in [1.29, 1.82) is 0 Å². The number of hydrogen-bond acceptors (Lipinski definition) is 4. The predicted molar refractivity (Wildman–Crippen MR) is 114 cm³/mol. The van der Waals surface area contributed by atoms with Crippen molar-refractivity contribution in [3.63, 3.8) is 0 Å². The first-order chi connectivity index (χ1) is 13.3. The zero-order valence-electron chi connectivity index (χ0n) is 15.7. The third-order valence-electron chi connectivity index (χ3n) is 4.55. The summed E-state index contributed by atoms with van der Waals surface area (Å²) in [4.78, 5) is 16.9. The number of Topliss-reactive ketones (excluding diaryl/α,β-unsaturated/α-hetero) is 1. The molecule has 0 fully saturated rings. The third-order valence-corrected chi connectivity index (χ3v) is 5.12. The number of carbonyl (C=O) groups is 1. The number of rotatable bonds is 5. The molecule has 3 rings (SSSR count). The van der Waals surface area contributed by atoms with Gasteiger partial charge in [0, 0.05) is 36.1 Å². The van der Waals surface area contributed by atoms with Crippen molar-refractivity contribution >= 4 is 40.3 Å². The minimum absolute atomic E-state index is 0.0274. The fourth-order valence-corrected chi connectivity index (χ4v) is 3.78. The van der Waals surface area contributed by atoms with E-state index in [1.54, 1.807) is 6.07 Å². The van der Waals surface area contributed by atoms with E-state index in [0.717, 1.165) is 5.69 Å². The van der Waals surface area contributed by atoms with Gasteiger partial charge in [-0.1, -0.05) is 55.9 Å². The number of para-hydroxylation sites is 1. The van der Waals surface area contributed by atoms with Crippen LogP contribution in [0.15, 0.2) is 53.9 Å². The van der Waals surface area contributed by atoms with E-state index in [1.807, 2.05) is 44.2 Å². The van der Waals surface area contributed by atoms with Crippen molar-refractivity contribution in [2.24, 2.45) is 5.41 Å². The van der Waals surface area contributed by atoms with Gasteiger partial charge in [-0.15, -0.1) is 0 Å². The Kier molecular flexibility index (Phi) is 6.10. The molecule has 0 atom stereocenters. The molecule has 2 aromatic rings. The van der Waals surface area contributed by atoms with Crippen LogP contribution in [0, 0.1) is 11.2 Å². The molecular formula is C21H21ClFN3OS. The lowest BCUT2D eigenvalue weighted by Crippen LogP contribution is -2.35. The number of aromatic nitrogens is 1. The number of halogens is 2. The van der Waals surface area contributed by atoms with Gasteiger partial charge in [-0.2, -0.15) is 0 Å². The molecular weight excluding hydrogens is 397 g/mol. The highest BCUT2D eigenvalue weighted by Gasteiger charge is 2.34.